The van der Waals surface area contributed by atoms with Crippen molar-refractivity contribution in [2.24, 2.45) is 5.10 Å². The van der Waals surface area contributed by atoms with Gasteiger partial charge in [0.15, 0.2) is 0 Å². The molecule has 0 unspecified atom stereocenters. The maximum absolute atomic E-state index is 12.3. The number of carbonyl (C=O) groups is 1. The van der Waals surface area contributed by atoms with Gasteiger partial charge in [-0.3, -0.25) is 4.79 Å². The van der Waals surface area contributed by atoms with E-state index >= 15 is 0 Å². The largest absolute Gasteiger partial charge is 0.497 e. The molecule has 0 fully saturated rings. The van der Waals surface area contributed by atoms with E-state index in [4.69, 9.17) is 14.2 Å². The molecule has 0 atom stereocenters. The van der Waals surface area contributed by atoms with Crippen LogP contribution >= 0.6 is 15.9 Å². The first-order valence-electron chi connectivity index (χ1n) is 7.95. The van der Waals surface area contributed by atoms with Crippen molar-refractivity contribution in [1.82, 2.24) is 5.43 Å². The number of amides is 1. The van der Waals surface area contributed by atoms with E-state index in [-0.39, 0.29) is 12.0 Å². The molecule has 138 valence electrons. The van der Waals surface area contributed by atoms with Crippen LogP contribution in [0.5, 0.6) is 17.2 Å². The average Bonchev–Trinajstić information content (AvgIpc) is 2.62. The molecule has 0 aromatic heterocycles. The lowest BCUT2D eigenvalue weighted by atomic mass is 10.2. The van der Waals surface area contributed by atoms with Crippen molar-refractivity contribution in [3.63, 3.8) is 0 Å². The number of nitrogens with zero attached hydrogens (tertiary/aromatic N) is 1. The van der Waals surface area contributed by atoms with Crippen molar-refractivity contribution in [3.05, 3.63) is 52.0 Å². The molecule has 1 amide bonds. The minimum absolute atomic E-state index is 0.0298. The molecule has 2 aromatic rings. The van der Waals surface area contributed by atoms with Gasteiger partial charge in [0.2, 0.25) is 0 Å². The Kier molecular flexibility index (Phi) is 7.03. The summed E-state index contributed by atoms with van der Waals surface area (Å²) in [6.07, 6.45) is 1.57. The first-order chi connectivity index (χ1) is 12.4. The maximum atomic E-state index is 12.3. The Balaban J connectivity index is 2.16. The van der Waals surface area contributed by atoms with E-state index < -0.39 is 0 Å². The highest BCUT2D eigenvalue weighted by atomic mass is 79.9. The molecule has 0 saturated carbocycles. The fraction of sp³-hybridized carbons (Fsp3) is 0.263. The number of halogens is 1. The number of nitrogens with one attached hydrogen (secondary N) is 1. The number of rotatable bonds is 7. The van der Waals surface area contributed by atoms with Gasteiger partial charge in [-0.1, -0.05) is 15.9 Å². The summed E-state index contributed by atoms with van der Waals surface area (Å²) in [6, 6.07) is 10.5. The zero-order valence-corrected chi connectivity index (χ0v) is 16.7. The van der Waals surface area contributed by atoms with E-state index in [1.165, 1.54) is 20.4 Å². The van der Waals surface area contributed by atoms with Crippen molar-refractivity contribution in [1.29, 1.82) is 0 Å². The van der Waals surface area contributed by atoms with Gasteiger partial charge in [-0.15, -0.1) is 0 Å². The van der Waals surface area contributed by atoms with Gasteiger partial charge in [-0.25, -0.2) is 5.43 Å². The topological polar surface area (TPSA) is 69.2 Å². The highest BCUT2D eigenvalue weighted by Crippen LogP contribution is 2.23. The van der Waals surface area contributed by atoms with Crippen molar-refractivity contribution >= 4 is 28.1 Å². The number of hydrazone groups is 1. The first-order valence-corrected chi connectivity index (χ1v) is 8.75. The number of hydrogen-bond acceptors (Lipinski definition) is 5. The first kappa shape index (κ1) is 19.8. The smallest absolute Gasteiger partial charge is 0.271 e. The molecular formula is C19H21BrN2O4. The highest BCUT2D eigenvalue weighted by Gasteiger charge is 2.10. The van der Waals surface area contributed by atoms with Crippen LogP contribution in [-0.4, -0.2) is 32.4 Å². The van der Waals surface area contributed by atoms with Crippen LogP contribution in [0.4, 0.5) is 0 Å². The molecule has 26 heavy (non-hydrogen) atoms. The number of methoxy groups -OCH3 is 2. The highest BCUT2D eigenvalue weighted by molar-refractivity contribution is 9.10. The van der Waals surface area contributed by atoms with Crippen LogP contribution in [-0.2, 0) is 0 Å². The van der Waals surface area contributed by atoms with Crippen LogP contribution in [0, 0.1) is 0 Å². The summed E-state index contributed by atoms with van der Waals surface area (Å²) < 4.78 is 17.0. The normalized spacial score (nSPS) is 10.8. The molecule has 0 spiro atoms. The van der Waals surface area contributed by atoms with E-state index in [1.807, 2.05) is 32.0 Å². The van der Waals surface area contributed by atoms with Crippen LogP contribution in [0.2, 0.25) is 0 Å². The molecule has 0 bridgehead atoms. The maximum Gasteiger partial charge on any atom is 0.271 e. The zero-order valence-electron chi connectivity index (χ0n) is 15.1. The lowest BCUT2D eigenvalue weighted by molar-refractivity contribution is 0.0954. The lowest BCUT2D eigenvalue weighted by Gasteiger charge is -2.12. The number of hydrogen-bond donors (Lipinski definition) is 1. The third-order valence-corrected chi connectivity index (χ3v) is 3.81. The van der Waals surface area contributed by atoms with Gasteiger partial charge in [-0.2, -0.15) is 5.10 Å². The summed E-state index contributed by atoms with van der Waals surface area (Å²) in [5, 5.41) is 4.03. The van der Waals surface area contributed by atoms with Gasteiger partial charge in [-0.05, 0) is 44.2 Å². The minimum atomic E-state index is -0.375. The van der Waals surface area contributed by atoms with E-state index in [1.54, 1.807) is 18.2 Å². The van der Waals surface area contributed by atoms with Crippen molar-refractivity contribution in [2.75, 3.05) is 14.2 Å². The quantitative estimate of drug-likeness (QED) is 0.542. The molecule has 0 aliphatic heterocycles. The molecule has 0 aliphatic rings. The molecule has 2 rings (SSSR count). The predicted molar refractivity (Wildman–Crippen MR) is 105 cm³/mol. The van der Waals surface area contributed by atoms with Crippen molar-refractivity contribution in [3.8, 4) is 17.2 Å². The van der Waals surface area contributed by atoms with Crippen LogP contribution < -0.4 is 19.6 Å². The fourth-order valence-corrected chi connectivity index (χ4v) is 2.52. The Bertz CT molecular complexity index is 784. The molecule has 6 nitrogen and oxygen atoms in total. The molecule has 1 N–H and O–H groups in total. The summed E-state index contributed by atoms with van der Waals surface area (Å²) in [5.74, 6) is 1.36. The predicted octanol–water partition coefficient (Wildman–Crippen LogP) is 4.02. The zero-order chi connectivity index (χ0) is 19.1. The Labute approximate surface area is 161 Å². The Hall–Kier alpha value is -2.54. The van der Waals surface area contributed by atoms with E-state index in [9.17, 15) is 4.79 Å². The summed E-state index contributed by atoms with van der Waals surface area (Å²) in [4.78, 5) is 12.3. The summed E-state index contributed by atoms with van der Waals surface area (Å²) >= 11 is 3.42. The lowest BCUT2D eigenvalue weighted by Crippen LogP contribution is -2.18. The number of ether oxygens (including phenoxy) is 3. The van der Waals surface area contributed by atoms with Gasteiger partial charge in [0.05, 0.1) is 26.5 Å². The summed E-state index contributed by atoms with van der Waals surface area (Å²) in [6.45, 7) is 3.89. The van der Waals surface area contributed by atoms with Crippen LogP contribution in [0.3, 0.4) is 0 Å². The van der Waals surface area contributed by atoms with E-state index in [0.717, 1.165) is 10.0 Å². The van der Waals surface area contributed by atoms with Gasteiger partial charge in [0.1, 0.15) is 17.2 Å². The molecule has 7 heteroatoms. The Morgan fingerprint density at radius 3 is 2.35 bits per heavy atom. The molecular weight excluding hydrogens is 400 g/mol. The Morgan fingerprint density at radius 2 is 1.77 bits per heavy atom. The van der Waals surface area contributed by atoms with Crippen LogP contribution in [0.25, 0.3) is 0 Å². The summed E-state index contributed by atoms with van der Waals surface area (Å²) in [7, 11) is 3.05. The molecule has 0 heterocycles. The third kappa shape index (κ3) is 5.49. The second kappa shape index (κ2) is 9.24. The van der Waals surface area contributed by atoms with Gasteiger partial charge in [0, 0.05) is 21.7 Å². The number of carbonyl (C=O) groups excluding carboxylic acids is 1. The SMILES string of the molecule is COc1cc(OC)cc(C(=O)N/N=C/c2cc(Br)ccc2OC(C)C)c1. The summed E-state index contributed by atoms with van der Waals surface area (Å²) in [5.41, 5.74) is 3.63. The third-order valence-electron chi connectivity index (χ3n) is 3.32. The van der Waals surface area contributed by atoms with Crippen LogP contribution in [0.15, 0.2) is 46.0 Å². The van der Waals surface area contributed by atoms with Gasteiger partial charge < -0.3 is 14.2 Å². The molecule has 0 aliphatic carbocycles. The molecule has 0 radical (unpaired) electrons. The second-order valence-electron chi connectivity index (χ2n) is 5.65. The van der Waals surface area contributed by atoms with Gasteiger partial charge in [0.25, 0.3) is 5.91 Å². The number of benzene rings is 2. The van der Waals surface area contributed by atoms with Crippen molar-refractivity contribution in [2.45, 2.75) is 20.0 Å². The van der Waals surface area contributed by atoms with E-state index in [2.05, 4.69) is 26.5 Å². The Morgan fingerprint density at radius 1 is 1.12 bits per heavy atom. The average molecular weight is 421 g/mol. The van der Waals surface area contributed by atoms with Gasteiger partial charge >= 0.3 is 0 Å². The molecule has 2 aromatic carbocycles. The standard InChI is InChI=1S/C19H21BrN2O4/c1-12(2)26-18-6-5-15(20)7-14(18)11-21-22-19(23)13-8-16(24-3)10-17(9-13)25-4/h5-12H,1-4H3,(H,22,23)/b21-11+. The van der Waals surface area contributed by atoms with E-state index in [0.29, 0.717) is 22.8 Å². The second-order valence-corrected chi connectivity index (χ2v) is 6.56. The monoisotopic (exact) mass is 420 g/mol. The molecule has 0 saturated heterocycles. The minimum Gasteiger partial charge on any atom is -0.497 e. The fourth-order valence-electron chi connectivity index (χ4n) is 2.14. The van der Waals surface area contributed by atoms with Crippen LogP contribution in [0.1, 0.15) is 29.8 Å². The van der Waals surface area contributed by atoms with Crippen molar-refractivity contribution < 1.29 is 19.0 Å².